The molecule has 3 nitrogen and oxygen atoms in total. The van der Waals surface area contributed by atoms with Gasteiger partial charge < -0.3 is 10.6 Å². The average molecular weight is 223 g/mol. The highest BCUT2D eigenvalue weighted by atomic mass is 15.2. The maximum Gasteiger partial charge on any atom is 0.0207 e. The van der Waals surface area contributed by atoms with Crippen LogP contribution in [0.3, 0.4) is 0 Å². The van der Waals surface area contributed by atoms with Gasteiger partial charge in [-0.3, -0.25) is 4.90 Å². The summed E-state index contributed by atoms with van der Waals surface area (Å²) in [4.78, 5) is 2.69. The smallest absolute Gasteiger partial charge is 0.0207 e. The number of likely N-dealkylation sites (tertiary alicyclic amines) is 1. The Kier molecular flexibility index (Phi) is 3.46. The molecule has 2 N–H and O–H groups in total. The van der Waals surface area contributed by atoms with Gasteiger partial charge in [-0.05, 0) is 57.7 Å². The lowest BCUT2D eigenvalue weighted by atomic mass is 9.99. The number of nitrogens with one attached hydrogen (secondary N) is 2. The molecule has 3 heteroatoms. The van der Waals surface area contributed by atoms with E-state index >= 15 is 0 Å². The topological polar surface area (TPSA) is 27.3 Å². The molecule has 92 valence electrons. The summed E-state index contributed by atoms with van der Waals surface area (Å²) < 4.78 is 0. The van der Waals surface area contributed by atoms with Crippen LogP contribution in [0.25, 0.3) is 0 Å². The van der Waals surface area contributed by atoms with Crippen molar-refractivity contribution in [3.8, 4) is 0 Å². The first-order valence-electron chi connectivity index (χ1n) is 7.10. The third kappa shape index (κ3) is 2.76. The molecule has 2 aliphatic heterocycles. The van der Waals surface area contributed by atoms with Crippen molar-refractivity contribution in [2.75, 3.05) is 32.7 Å². The van der Waals surface area contributed by atoms with Crippen LogP contribution in [0.5, 0.6) is 0 Å². The molecule has 0 aromatic rings. The van der Waals surface area contributed by atoms with Crippen LogP contribution in [-0.4, -0.2) is 49.7 Å². The number of piperidine rings is 1. The minimum absolute atomic E-state index is 0.780. The minimum atomic E-state index is 0.780. The van der Waals surface area contributed by atoms with Crippen molar-refractivity contribution in [3.05, 3.63) is 0 Å². The van der Waals surface area contributed by atoms with Gasteiger partial charge in [0.1, 0.15) is 0 Å². The summed E-state index contributed by atoms with van der Waals surface area (Å²) in [5.74, 6) is 0.878. The van der Waals surface area contributed by atoms with Crippen LogP contribution < -0.4 is 10.6 Å². The molecule has 1 aliphatic carbocycles. The molecule has 1 saturated carbocycles. The monoisotopic (exact) mass is 223 g/mol. The van der Waals surface area contributed by atoms with Crippen LogP contribution >= 0.6 is 0 Å². The molecule has 0 aromatic heterocycles. The van der Waals surface area contributed by atoms with Gasteiger partial charge in [0.25, 0.3) is 0 Å². The zero-order valence-electron chi connectivity index (χ0n) is 10.3. The standard InChI is InChI=1S/C13H25N3/c1-2-11(8-14-6-1)9-15-12-5-7-16(10-12)13-3-4-13/h11-15H,1-10H2. The van der Waals surface area contributed by atoms with Gasteiger partial charge in [0.15, 0.2) is 0 Å². The lowest BCUT2D eigenvalue weighted by Crippen LogP contribution is -2.41. The molecule has 3 aliphatic rings. The molecule has 2 saturated heterocycles. The van der Waals surface area contributed by atoms with E-state index in [2.05, 4.69) is 15.5 Å². The molecule has 0 spiro atoms. The van der Waals surface area contributed by atoms with E-state index in [4.69, 9.17) is 0 Å². The van der Waals surface area contributed by atoms with Gasteiger partial charge in [-0.1, -0.05) is 0 Å². The Bertz CT molecular complexity index is 221. The highest BCUT2D eigenvalue weighted by Crippen LogP contribution is 2.29. The molecule has 2 atom stereocenters. The molecule has 2 unspecified atom stereocenters. The van der Waals surface area contributed by atoms with E-state index in [1.807, 2.05) is 0 Å². The summed E-state index contributed by atoms with van der Waals surface area (Å²) in [5, 5.41) is 7.28. The Labute approximate surface area is 99.0 Å². The van der Waals surface area contributed by atoms with E-state index < -0.39 is 0 Å². The average Bonchev–Trinajstić information content (AvgIpc) is 3.08. The van der Waals surface area contributed by atoms with Crippen molar-refractivity contribution >= 4 is 0 Å². The molecule has 0 aromatic carbocycles. The van der Waals surface area contributed by atoms with Gasteiger partial charge in [-0.2, -0.15) is 0 Å². The first kappa shape index (κ1) is 11.0. The maximum atomic E-state index is 3.78. The highest BCUT2D eigenvalue weighted by molar-refractivity contribution is 4.92. The van der Waals surface area contributed by atoms with Crippen LogP contribution in [0.2, 0.25) is 0 Å². The number of rotatable bonds is 4. The summed E-state index contributed by atoms with van der Waals surface area (Å²) in [6.45, 7) is 6.34. The van der Waals surface area contributed by atoms with Crippen molar-refractivity contribution in [1.82, 2.24) is 15.5 Å². The van der Waals surface area contributed by atoms with Crippen molar-refractivity contribution < 1.29 is 0 Å². The van der Waals surface area contributed by atoms with Crippen LogP contribution in [-0.2, 0) is 0 Å². The van der Waals surface area contributed by atoms with Gasteiger partial charge >= 0.3 is 0 Å². The van der Waals surface area contributed by atoms with Gasteiger partial charge in [-0.15, -0.1) is 0 Å². The van der Waals surface area contributed by atoms with E-state index in [0.717, 1.165) is 18.0 Å². The van der Waals surface area contributed by atoms with Crippen molar-refractivity contribution in [2.45, 2.75) is 44.2 Å². The zero-order valence-corrected chi connectivity index (χ0v) is 10.3. The van der Waals surface area contributed by atoms with Gasteiger partial charge in [-0.25, -0.2) is 0 Å². The zero-order chi connectivity index (χ0) is 10.8. The Balaban J connectivity index is 1.35. The molecule has 0 amide bonds. The molecule has 16 heavy (non-hydrogen) atoms. The van der Waals surface area contributed by atoms with Gasteiger partial charge in [0.05, 0.1) is 0 Å². The second-order valence-corrected chi connectivity index (χ2v) is 5.83. The molecule has 2 heterocycles. The molecule has 3 fully saturated rings. The van der Waals surface area contributed by atoms with Crippen LogP contribution in [0.1, 0.15) is 32.1 Å². The van der Waals surface area contributed by atoms with E-state index in [0.29, 0.717) is 0 Å². The third-order valence-corrected chi connectivity index (χ3v) is 4.38. The summed E-state index contributed by atoms with van der Waals surface area (Å²) >= 11 is 0. The normalized spacial score (nSPS) is 36.8. The van der Waals surface area contributed by atoms with E-state index in [-0.39, 0.29) is 0 Å². The number of nitrogens with zero attached hydrogens (tertiary/aromatic N) is 1. The number of hydrogen-bond donors (Lipinski definition) is 2. The predicted molar refractivity (Wildman–Crippen MR) is 66.6 cm³/mol. The molecule has 3 rings (SSSR count). The van der Waals surface area contributed by atoms with Crippen molar-refractivity contribution in [1.29, 1.82) is 0 Å². The minimum Gasteiger partial charge on any atom is -0.316 e. The first-order chi connectivity index (χ1) is 7.92. The molecular formula is C13H25N3. The summed E-state index contributed by atoms with van der Waals surface area (Å²) in [7, 11) is 0. The van der Waals surface area contributed by atoms with Crippen LogP contribution in [0, 0.1) is 5.92 Å². The van der Waals surface area contributed by atoms with E-state index in [1.54, 1.807) is 0 Å². The number of hydrogen-bond acceptors (Lipinski definition) is 3. The fourth-order valence-electron chi connectivity index (χ4n) is 3.16. The lowest BCUT2D eigenvalue weighted by molar-refractivity contribution is 0.306. The molecule has 0 bridgehead atoms. The fourth-order valence-corrected chi connectivity index (χ4v) is 3.16. The van der Waals surface area contributed by atoms with Crippen LogP contribution in [0.15, 0.2) is 0 Å². The van der Waals surface area contributed by atoms with Gasteiger partial charge in [0.2, 0.25) is 0 Å². The largest absolute Gasteiger partial charge is 0.316 e. The summed E-state index contributed by atoms with van der Waals surface area (Å²) in [6.07, 6.45) is 7.07. The lowest BCUT2D eigenvalue weighted by Gasteiger charge is -2.25. The summed E-state index contributed by atoms with van der Waals surface area (Å²) in [6, 6.07) is 1.74. The maximum absolute atomic E-state index is 3.78. The van der Waals surface area contributed by atoms with Gasteiger partial charge in [0, 0.05) is 25.2 Å². The van der Waals surface area contributed by atoms with E-state index in [9.17, 15) is 0 Å². The first-order valence-corrected chi connectivity index (χ1v) is 7.10. The second-order valence-electron chi connectivity index (χ2n) is 5.83. The van der Waals surface area contributed by atoms with Crippen molar-refractivity contribution in [2.24, 2.45) is 5.92 Å². The Hall–Kier alpha value is -0.120. The highest BCUT2D eigenvalue weighted by Gasteiger charge is 2.34. The van der Waals surface area contributed by atoms with Crippen molar-refractivity contribution in [3.63, 3.8) is 0 Å². The fraction of sp³-hybridized carbons (Fsp3) is 1.00. The third-order valence-electron chi connectivity index (χ3n) is 4.38. The summed E-state index contributed by atoms with van der Waals surface area (Å²) in [5.41, 5.74) is 0. The van der Waals surface area contributed by atoms with Crippen LogP contribution in [0.4, 0.5) is 0 Å². The Morgan fingerprint density at radius 2 is 2.12 bits per heavy atom. The molecule has 0 radical (unpaired) electrons. The Morgan fingerprint density at radius 3 is 2.88 bits per heavy atom. The predicted octanol–water partition coefficient (Wildman–Crippen LogP) is 0.812. The second kappa shape index (κ2) is 5.03. The SMILES string of the molecule is C1CNCC(CNC2CCN(C3CC3)C2)C1. The molecular weight excluding hydrogens is 198 g/mol. The Morgan fingerprint density at radius 1 is 1.19 bits per heavy atom. The quantitative estimate of drug-likeness (QED) is 0.739. The van der Waals surface area contributed by atoms with E-state index in [1.165, 1.54) is 64.8 Å².